The number of nitrogens with one attached hydrogen (secondary N) is 2. The van der Waals surface area contributed by atoms with E-state index in [9.17, 15) is 22.4 Å². The summed E-state index contributed by atoms with van der Waals surface area (Å²) in [6.45, 7) is 0.730. The molecule has 1 fully saturated rings. The molecule has 2 aromatic rings. The monoisotopic (exact) mass is 401 g/mol. The van der Waals surface area contributed by atoms with Crippen molar-refractivity contribution < 1.29 is 22.3 Å². The number of anilines is 1. The summed E-state index contributed by atoms with van der Waals surface area (Å²) in [6, 6.07) is 2.57. The molecule has 28 heavy (non-hydrogen) atoms. The van der Waals surface area contributed by atoms with E-state index in [0.717, 1.165) is 16.7 Å². The van der Waals surface area contributed by atoms with Crippen molar-refractivity contribution >= 4 is 5.82 Å². The van der Waals surface area contributed by atoms with Gasteiger partial charge in [0, 0.05) is 32.6 Å². The van der Waals surface area contributed by atoms with E-state index in [2.05, 4.69) is 20.8 Å². The maximum atomic E-state index is 13.5. The molecule has 0 radical (unpaired) electrons. The highest BCUT2D eigenvalue weighted by Crippen LogP contribution is 2.36. The third kappa shape index (κ3) is 4.08. The minimum atomic E-state index is -4.53. The summed E-state index contributed by atoms with van der Waals surface area (Å²) in [5.41, 5.74) is -1.22. The number of benzene rings is 1. The summed E-state index contributed by atoms with van der Waals surface area (Å²) in [6.07, 6.45) is -5.33. The predicted octanol–water partition coefficient (Wildman–Crippen LogP) is 1.98. The summed E-state index contributed by atoms with van der Waals surface area (Å²) in [5.74, 6) is -0.0964. The van der Waals surface area contributed by atoms with Crippen molar-refractivity contribution in [2.75, 3.05) is 25.5 Å². The number of methoxy groups -OCH3 is 1. The van der Waals surface area contributed by atoms with Gasteiger partial charge in [-0.1, -0.05) is 0 Å². The Bertz CT molecular complexity index is 915. The van der Waals surface area contributed by atoms with Gasteiger partial charge in [0.15, 0.2) is 5.82 Å². The normalized spacial score (nSPS) is 20.1. The van der Waals surface area contributed by atoms with Crippen LogP contribution in [0.15, 0.2) is 23.0 Å². The first kappa shape index (κ1) is 20.1. The molecule has 1 aromatic carbocycles. The lowest BCUT2D eigenvalue weighted by Gasteiger charge is -2.26. The van der Waals surface area contributed by atoms with Gasteiger partial charge in [-0.2, -0.15) is 13.2 Å². The zero-order valence-electron chi connectivity index (χ0n) is 15.2. The Morgan fingerprint density at radius 1 is 1.29 bits per heavy atom. The van der Waals surface area contributed by atoms with Crippen molar-refractivity contribution in [3.63, 3.8) is 0 Å². The van der Waals surface area contributed by atoms with Gasteiger partial charge in [0.1, 0.15) is 11.9 Å². The molecule has 1 aliphatic heterocycles. The number of alkyl halides is 4. The summed E-state index contributed by atoms with van der Waals surface area (Å²) < 4.78 is 58.4. The Labute approximate surface area is 157 Å². The molecule has 0 unspecified atom stereocenters. The van der Waals surface area contributed by atoms with Gasteiger partial charge in [0.05, 0.1) is 18.2 Å². The first-order chi connectivity index (χ1) is 13.2. The van der Waals surface area contributed by atoms with E-state index in [1.807, 2.05) is 0 Å². The van der Waals surface area contributed by atoms with Gasteiger partial charge in [-0.15, -0.1) is 10.2 Å². The van der Waals surface area contributed by atoms with E-state index in [1.54, 1.807) is 0 Å². The largest absolute Gasteiger partial charge is 0.496 e. The first-order valence-corrected chi connectivity index (χ1v) is 8.51. The van der Waals surface area contributed by atoms with Crippen molar-refractivity contribution in [2.24, 2.45) is 7.05 Å². The van der Waals surface area contributed by atoms with Crippen LogP contribution in [0.1, 0.15) is 12.0 Å². The molecule has 2 atom stereocenters. The van der Waals surface area contributed by atoms with Crippen LogP contribution in [0.3, 0.4) is 0 Å². The molecule has 0 aliphatic carbocycles. The number of aromatic nitrogens is 3. The quantitative estimate of drug-likeness (QED) is 0.763. The van der Waals surface area contributed by atoms with Crippen molar-refractivity contribution in [3.8, 4) is 17.1 Å². The summed E-state index contributed by atoms with van der Waals surface area (Å²) in [5, 5.41) is 13.6. The van der Waals surface area contributed by atoms with E-state index in [-0.39, 0.29) is 42.0 Å². The second-order valence-electron chi connectivity index (χ2n) is 6.48. The van der Waals surface area contributed by atoms with Crippen LogP contribution in [-0.4, -0.2) is 47.2 Å². The van der Waals surface area contributed by atoms with E-state index < -0.39 is 23.5 Å². The fourth-order valence-electron chi connectivity index (χ4n) is 3.03. The molecular formula is C17H19F4N5O2. The fraction of sp³-hybridized carbons (Fsp3) is 0.471. The number of halogens is 4. The van der Waals surface area contributed by atoms with Crippen molar-refractivity contribution in [1.29, 1.82) is 0 Å². The Kier molecular flexibility index (Phi) is 5.54. The molecule has 0 amide bonds. The molecule has 3 rings (SSSR count). The number of rotatable bonds is 4. The van der Waals surface area contributed by atoms with Gasteiger partial charge < -0.3 is 15.4 Å². The Balaban J connectivity index is 1.94. The Morgan fingerprint density at radius 2 is 2.04 bits per heavy atom. The van der Waals surface area contributed by atoms with E-state index in [1.165, 1.54) is 20.2 Å². The molecule has 0 spiro atoms. The molecule has 2 heterocycles. The van der Waals surface area contributed by atoms with Gasteiger partial charge in [-0.05, 0) is 18.2 Å². The Morgan fingerprint density at radius 3 is 2.68 bits per heavy atom. The smallest absolute Gasteiger partial charge is 0.416 e. The minimum Gasteiger partial charge on any atom is -0.496 e. The van der Waals surface area contributed by atoms with Crippen LogP contribution in [0.4, 0.5) is 23.4 Å². The zero-order valence-corrected chi connectivity index (χ0v) is 15.2. The molecule has 2 N–H and O–H groups in total. The maximum Gasteiger partial charge on any atom is 0.416 e. The maximum absolute atomic E-state index is 13.5. The third-order valence-electron chi connectivity index (χ3n) is 4.48. The molecule has 1 saturated heterocycles. The molecule has 152 valence electrons. The number of hydrogen-bond donors (Lipinski definition) is 2. The summed E-state index contributed by atoms with van der Waals surface area (Å²) >= 11 is 0. The fourth-order valence-corrected chi connectivity index (χ4v) is 3.03. The minimum absolute atomic E-state index is 0.0475. The molecule has 7 nitrogen and oxygen atoms in total. The standard InChI is InChI=1S/C17H19F4N5O2/c1-26-15(12-4-3-9(17(19,20)21)5-13(12)28-2)25-24-14(16(26)27)23-11-6-10(18)7-22-8-11/h3-5,10-11,22H,6-8H2,1-2H3,(H,23,24)/t10-,11+/m0/s1. The molecule has 0 bridgehead atoms. The van der Waals surface area contributed by atoms with Crippen molar-refractivity contribution in [1.82, 2.24) is 20.1 Å². The highest BCUT2D eigenvalue weighted by atomic mass is 19.4. The van der Waals surface area contributed by atoms with Gasteiger partial charge in [0.2, 0.25) is 5.82 Å². The molecule has 1 aliphatic rings. The first-order valence-electron chi connectivity index (χ1n) is 8.51. The van der Waals surface area contributed by atoms with Gasteiger partial charge in [0.25, 0.3) is 5.56 Å². The lowest BCUT2D eigenvalue weighted by Crippen LogP contribution is -2.45. The van der Waals surface area contributed by atoms with Crippen molar-refractivity contribution in [2.45, 2.75) is 24.8 Å². The molecule has 1 aromatic heterocycles. The van der Waals surface area contributed by atoms with Crippen molar-refractivity contribution in [3.05, 3.63) is 34.1 Å². The summed E-state index contributed by atoms with van der Waals surface area (Å²) in [7, 11) is 2.65. The van der Waals surface area contributed by atoms with E-state index in [0.29, 0.717) is 6.54 Å². The van der Waals surface area contributed by atoms with Crippen LogP contribution in [-0.2, 0) is 13.2 Å². The lowest BCUT2D eigenvalue weighted by molar-refractivity contribution is -0.137. The van der Waals surface area contributed by atoms with Crippen LogP contribution in [0, 0.1) is 0 Å². The molecule has 11 heteroatoms. The SMILES string of the molecule is COc1cc(C(F)(F)F)ccc1-c1nnc(N[C@H]2CNC[C@@H](F)C2)c(=O)n1C. The topological polar surface area (TPSA) is 81.1 Å². The van der Waals surface area contributed by atoms with E-state index in [4.69, 9.17) is 4.74 Å². The average Bonchev–Trinajstić information content (AvgIpc) is 2.64. The number of hydrogen-bond acceptors (Lipinski definition) is 6. The van der Waals surface area contributed by atoms with Gasteiger partial charge in [-0.3, -0.25) is 9.36 Å². The van der Waals surface area contributed by atoms with Gasteiger partial charge in [-0.25, -0.2) is 4.39 Å². The zero-order chi connectivity index (χ0) is 20.5. The number of ether oxygens (including phenoxy) is 1. The average molecular weight is 401 g/mol. The van der Waals surface area contributed by atoms with Crippen LogP contribution in [0.2, 0.25) is 0 Å². The van der Waals surface area contributed by atoms with Crippen LogP contribution in [0.5, 0.6) is 5.75 Å². The number of piperidine rings is 1. The van der Waals surface area contributed by atoms with Crippen LogP contribution < -0.4 is 20.9 Å². The highest BCUT2D eigenvalue weighted by molar-refractivity contribution is 5.65. The Hall–Kier alpha value is -2.69. The van der Waals surface area contributed by atoms with Crippen LogP contribution >= 0.6 is 0 Å². The molecule has 0 saturated carbocycles. The molecular weight excluding hydrogens is 382 g/mol. The lowest BCUT2D eigenvalue weighted by atomic mass is 10.1. The predicted molar refractivity (Wildman–Crippen MR) is 94.1 cm³/mol. The summed E-state index contributed by atoms with van der Waals surface area (Å²) in [4.78, 5) is 12.6. The van der Waals surface area contributed by atoms with Crippen LogP contribution in [0.25, 0.3) is 11.4 Å². The second kappa shape index (κ2) is 7.74. The number of nitrogens with zero attached hydrogens (tertiary/aromatic N) is 3. The third-order valence-corrected chi connectivity index (χ3v) is 4.48. The van der Waals surface area contributed by atoms with E-state index >= 15 is 0 Å². The second-order valence-corrected chi connectivity index (χ2v) is 6.48. The van der Waals surface area contributed by atoms with Gasteiger partial charge >= 0.3 is 6.18 Å². The highest BCUT2D eigenvalue weighted by Gasteiger charge is 2.32.